The fourth-order valence-electron chi connectivity index (χ4n) is 2.92. The van der Waals surface area contributed by atoms with Crippen LogP contribution in [-0.4, -0.2) is 35.9 Å². The van der Waals surface area contributed by atoms with Crippen LogP contribution in [0.25, 0.3) is 0 Å². The SMILES string of the molecule is CCCCCCCCCCCCCC(=O)OC[C@@H]1OC(=O)C[C@@H]1O. The van der Waals surface area contributed by atoms with Crippen LogP contribution < -0.4 is 0 Å². The van der Waals surface area contributed by atoms with Crippen LogP contribution in [-0.2, 0) is 19.1 Å². The highest BCUT2D eigenvalue weighted by Gasteiger charge is 2.34. The molecule has 1 rings (SSSR count). The lowest BCUT2D eigenvalue weighted by atomic mass is 10.1. The Balaban J connectivity index is 1.85. The van der Waals surface area contributed by atoms with E-state index in [0.29, 0.717) is 6.42 Å². The van der Waals surface area contributed by atoms with Gasteiger partial charge in [-0.05, 0) is 6.42 Å². The fraction of sp³-hybridized carbons (Fsp3) is 0.895. The molecule has 1 aliphatic heterocycles. The van der Waals surface area contributed by atoms with Crippen molar-refractivity contribution in [2.45, 2.75) is 103 Å². The van der Waals surface area contributed by atoms with E-state index in [0.717, 1.165) is 12.8 Å². The summed E-state index contributed by atoms with van der Waals surface area (Å²) in [6.45, 7) is 2.20. The molecule has 1 aliphatic rings. The molecule has 5 nitrogen and oxygen atoms in total. The first-order valence-electron chi connectivity index (χ1n) is 9.66. The summed E-state index contributed by atoms with van der Waals surface area (Å²) in [5.74, 6) is -0.713. The van der Waals surface area contributed by atoms with Gasteiger partial charge in [-0.25, -0.2) is 0 Å². The average molecular weight is 342 g/mol. The maximum absolute atomic E-state index is 11.6. The molecule has 0 aliphatic carbocycles. The van der Waals surface area contributed by atoms with Gasteiger partial charge in [0, 0.05) is 6.42 Å². The molecule has 0 aromatic rings. The Morgan fingerprint density at radius 2 is 1.58 bits per heavy atom. The first-order valence-corrected chi connectivity index (χ1v) is 9.66. The molecule has 0 aromatic carbocycles. The summed E-state index contributed by atoms with van der Waals surface area (Å²) >= 11 is 0. The minimum Gasteiger partial charge on any atom is -0.462 e. The lowest BCUT2D eigenvalue weighted by Gasteiger charge is -2.13. The van der Waals surface area contributed by atoms with Crippen molar-refractivity contribution in [2.24, 2.45) is 0 Å². The third kappa shape index (κ3) is 9.91. The molecule has 2 atom stereocenters. The fourth-order valence-corrected chi connectivity index (χ4v) is 2.92. The predicted molar refractivity (Wildman–Crippen MR) is 92.5 cm³/mol. The van der Waals surface area contributed by atoms with Crippen molar-refractivity contribution in [1.29, 1.82) is 0 Å². The third-order valence-corrected chi connectivity index (χ3v) is 4.48. The maximum atomic E-state index is 11.6. The van der Waals surface area contributed by atoms with E-state index >= 15 is 0 Å². The summed E-state index contributed by atoms with van der Waals surface area (Å²) in [7, 11) is 0. The number of ether oxygens (including phenoxy) is 2. The van der Waals surface area contributed by atoms with Crippen molar-refractivity contribution >= 4 is 11.9 Å². The van der Waals surface area contributed by atoms with Gasteiger partial charge in [0.2, 0.25) is 0 Å². The Kier molecular flexibility index (Phi) is 11.5. The normalized spacial score (nSPS) is 20.2. The minimum atomic E-state index is -0.854. The van der Waals surface area contributed by atoms with E-state index < -0.39 is 18.2 Å². The van der Waals surface area contributed by atoms with Gasteiger partial charge in [-0.1, -0.05) is 71.1 Å². The molecule has 1 saturated heterocycles. The van der Waals surface area contributed by atoms with Crippen molar-refractivity contribution in [2.75, 3.05) is 6.61 Å². The number of aliphatic hydroxyl groups excluding tert-OH is 1. The van der Waals surface area contributed by atoms with Gasteiger partial charge in [-0.3, -0.25) is 9.59 Å². The second kappa shape index (κ2) is 13.2. The molecule has 0 spiro atoms. The number of hydrogen-bond donors (Lipinski definition) is 1. The van der Waals surface area contributed by atoms with Crippen molar-refractivity contribution in [1.82, 2.24) is 0 Å². The van der Waals surface area contributed by atoms with Gasteiger partial charge in [-0.15, -0.1) is 0 Å². The number of rotatable bonds is 14. The molecular weight excluding hydrogens is 308 g/mol. The average Bonchev–Trinajstić information content (AvgIpc) is 2.88. The molecule has 0 radical (unpaired) electrons. The monoisotopic (exact) mass is 342 g/mol. The Hall–Kier alpha value is -1.10. The highest BCUT2D eigenvalue weighted by molar-refractivity contribution is 5.73. The highest BCUT2D eigenvalue weighted by atomic mass is 16.6. The van der Waals surface area contributed by atoms with E-state index in [9.17, 15) is 14.7 Å². The molecule has 0 bridgehead atoms. The lowest BCUT2D eigenvalue weighted by molar-refractivity contribution is -0.154. The van der Waals surface area contributed by atoms with Gasteiger partial charge in [0.15, 0.2) is 6.10 Å². The molecule has 1 fully saturated rings. The Labute approximate surface area is 146 Å². The van der Waals surface area contributed by atoms with Crippen molar-refractivity contribution < 1.29 is 24.2 Å². The van der Waals surface area contributed by atoms with Gasteiger partial charge in [0.25, 0.3) is 0 Å². The maximum Gasteiger partial charge on any atom is 0.309 e. The van der Waals surface area contributed by atoms with E-state index in [1.165, 1.54) is 57.8 Å². The smallest absolute Gasteiger partial charge is 0.309 e. The zero-order chi connectivity index (χ0) is 17.6. The molecule has 0 saturated carbocycles. The molecule has 140 valence electrons. The van der Waals surface area contributed by atoms with Gasteiger partial charge < -0.3 is 14.6 Å². The molecule has 1 heterocycles. The zero-order valence-corrected chi connectivity index (χ0v) is 15.1. The summed E-state index contributed by atoms with van der Waals surface area (Å²) in [6, 6.07) is 0. The molecule has 5 heteroatoms. The Bertz CT molecular complexity index is 356. The molecule has 0 amide bonds. The van der Waals surface area contributed by atoms with E-state index in [-0.39, 0.29) is 19.0 Å². The first-order chi connectivity index (χ1) is 11.6. The van der Waals surface area contributed by atoms with E-state index in [2.05, 4.69) is 6.92 Å². The second-order valence-corrected chi connectivity index (χ2v) is 6.77. The van der Waals surface area contributed by atoms with Crippen LogP contribution in [0.2, 0.25) is 0 Å². The molecule has 1 N–H and O–H groups in total. The number of esters is 2. The van der Waals surface area contributed by atoms with E-state index in [1.54, 1.807) is 0 Å². The Morgan fingerprint density at radius 1 is 1.04 bits per heavy atom. The van der Waals surface area contributed by atoms with Gasteiger partial charge in [0.1, 0.15) is 12.7 Å². The van der Waals surface area contributed by atoms with E-state index in [4.69, 9.17) is 9.47 Å². The number of hydrogen-bond acceptors (Lipinski definition) is 5. The molecule has 0 unspecified atom stereocenters. The van der Waals surface area contributed by atoms with Crippen molar-refractivity contribution in [3.8, 4) is 0 Å². The number of unbranched alkanes of at least 4 members (excludes halogenated alkanes) is 10. The quantitative estimate of drug-likeness (QED) is 0.383. The van der Waals surface area contributed by atoms with Gasteiger partial charge in [0.05, 0.1) is 6.42 Å². The van der Waals surface area contributed by atoms with Gasteiger partial charge >= 0.3 is 11.9 Å². The number of cyclic esters (lactones) is 1. The van der Waals surface area contributed by atoms with Crippen molar-refractivity contribution in [3.63, 3.8) is 0 Å². The van der Waals surface area contributed by atoms with Crippen molar-refractivity contribution in [3.05, 3.63) is 0 Å². The van der Waals surface area contributed by atoms with Crippen LogP contribution in [0.4, 0.5) is 0 Å². The van der Waals surface area contributed by atoms with Crippen LogP contribution in [0.1, 0.15) is 90.4 Å². The molecular formula is C19H34O5. The van der Waals surface area contributed by atoms with E-state index in [1.807, 2.05) is 0 Å². The molecule has 24 heavy (non-hydrogen) atoms. The number of aliphatic hydroxyl groups is 1. The van der Waals surface area contributed by atoms with Crippen LogP contribution in [0.5, 0.6) is 0 Å². The van der Waals surface area contributed by atoms with Gasteiger partial charge in [-0.2, -0.15) is 0 Å². The number of carbonyl (C=O) groups is 2. The number of carbonyl (C=O) groups excluding carboxylic acids is 2. The summed E-state index contributed by atoms with van der Waals surface area (Å²) in [4.78, 5) is 22.6. The topological polar surface area (TPSA) is 72.8 Å². The molecule has 0 aromatic heterocycles. The van der Waals surface area contributed by atoms with Crippen LogP contribution in [0.15, 0.2) is 0 Å². The summed E-state index contributed by atoms with van der Waals surface area (Å²) in [6.07, 6.45) is 12.5. The minimum absolute atomic E-state index is 0.0131. The highest BCUT2D eigenvalue weighted by Crippen LogP contribution is 2.16. The standard InChI is InChI=1S/C19H34O5/c1-2-3-4-5-6-7-8-9-10-11-12-13-18(21)23-15-17-16(20)14-19(22)24-17/h16-17,20H,2-15H2,1H3/t16-,17-/m0/s1. The predicted octanol–water partition coefficient (Wildman–Crippen LogP) is 3.91. The summed E-state index contributed by atoms with van der Waals surface area (Å²) in [5, 5.41) is 9.51. The first kappa shape index (κ1) is 20.9. The Morgan fingerprint density at radius 3 is 2.08 bits per heavy atom. The van der Waals surface area contributed by atoms with Crippen LogP contribution in [0, 0.1) is 0 Å². The lowest BCUT2D eigenvalue weighted by Crippen LogP contribution is -2.27. The van der Waals surface area contributed by atoms with Crippen LogP contribution in [0.3, 0.4) is 0 Å². The largest absolute Gasteiger partial charge is 0.462 e. The zero-order valence-electron chi connectivity index (χ0n) is 15.1. The van der Waals surface area contributed by atoms with Crippen LogP contribution >= 0.6 is 0 Å². The second-order valence-electron chi connectivity index (χ2n) is 6.77. The third-order valence-electron chi connectivity index (χ3n) is 4.48. The summed E-state index contributed by atoms with van der Waals surface area (Å²) < 4.78 is 9.93. The summed E-state index contributed by atoms with van der Waals surface area (Å²) in [5.41, 5.74) is 0.